The molecule has 1 amide bonds. The molecule has 5 rings (SSSR count). The van der Waals surface area contributed by atoms with E-state index in [9.17, 15) is 32.2 Å². The smallest absolute Gasteiger partial charge is 0.255 e. The van der Waals surface area contributed by atoms with E-state index < -0.39 is 56.2 Å². The van der Waals surface area contributed by atoms with Gasteiger partial charge in [-0.2, -0.15) is 0 Å². The van der Waals surface area contributed by atoms with Gasteiger partial charge in [-0.05, 0) is 80.0 Å². The highest BCUT2D eigenvalue weighted by molar-refractivity contribution is 7.92. The van der Waals surface area contributed by atoms with Gasteiger partial charge in [-0.15, -0.1) is 0 Å². The molecule has 2 saturated carbocycles. The number of aliphatic hydroxyl groups is 2. The first-order chi connectivity index (χ1) is 18.0. The van der Waals surface area contributed by atoms with E-state index in [-0.39, 0.29) is 34.0 Å². The summed E-state index contributed by atoms with van der Waals surface area (Å²) >= 11 is 6.28. The molecule has 3 aromatic rings. The van der Waals surface area contributed by atoms with E-state index in [2.05, 4.69) is 10.3 Å². The summed E-state index contributed by atoms with van der Waals surface area (Å²) in [5, 5.41) is 24.1. The number of anilines is 1. The number of hydrogen-bond donors (Lipinski definition) is 3. The Morgan fingerprint density at radius 1 is 1.05 bits per heavy atom. The molecule has 3 N–H and O–H groups in total. The lowest BCUT2D eigenvalue weighted by atomic mass is 9.70. The van der Waals surface area contributed by atoms with E-state index in [4.69, 9.17) is 11.6 Å². The van der Waals surface area contributed by atoms with Gasteiger partial charge in [-0.3, -0.25) is 9.78 Å². The number of sulfone groups is 1. The van der Waals surface area contributed by atoms with Gasteiger partial charge in [0.1, 0.15) is 11.7 Å². The van der Waals surface area contributed by atoms with Crippen molar-refractivity contribution in [3.05, 3.63) is 88.7 Å². The van der Waals surface area contributed by atoms with Crippen molar-refractivity contribution in [1.82, 2.24) is 4.98 Å². The van der Waals surface area contributed by atoms with Crippen LogP contribution >= 0.6 is 11.6 Å². The SMILES string of the molecule is O=C(Nc1ccc(F)c(F)c1)c1ccc(Cl)c(S(=O)(=O)C2CC3CC[C@@H](C2)C3(O)[C@H](O)c2ccccn2)c1. The van der Waals surface area contributed by atoms with Crippen LogP contribution in [-0.2, 0) is 9.84 Å². The number of nitrogens with zero attached hydrogens (tertiary/aromatic N) is 1. The second-order valence-corrected chi connectivity index (χ2v) is 12.5. The van der Waals surface area contributed by atoms with Gasteiger partial charge in [0, 0.05) is 23.5 Å². The predicted octanol–water partition coefficient (Wildman–Crippen LogP) is 4.69. The van der Waals surface area contributed by atoms with E-state index in [1.165, 1.54) is 30.5 Å². The minimum Gasteiger partial charge on any atom is -0.386 e. The topological polar surface area (TPSA) is 117 Å². The van der Waals surface area contributed by atoms with Crippen LogP contribution in [0, 0.1) is 23.5 Å². The van der Waals surface area contributed by atoms with Crippen LogP contribution in [0.15, 0.2) is 65.7 Å². The van der Waals surface area contributed by atoms with E-state index in [1.807, 2.05) is 0 Å². The average Bonchev–Trinajstić information content (AvgIpc) is 3.06. The molecule has 7 nitrogen and oxygen atoms in total. The van der Waals surface area contributed by atoms with Crippen molar-refractivity contribution in [3.8, 4) is 0 Å². The highest BCUT2D eigenvalue weighted by Crippen LogP contribution is 2.56. The van der Waals surface area contributed by atoms with Crippen LogP contribution in [0.4, 0.5) is 14.5 Å². The molecule has 2 aliphatic rings. The van der Waals surface area contributed by atoms with Gasteiger partial charge in [-0.1, -0.05) is 17.7 Å². The van der Waals surface area contributed by atoms with Crippen molar-refractivity contribution < 1.29 is 32.2 Å². The number of aromatic nitrogens is 1. The van der Waals surface area contributed by atoms with E-state index in [0.29, 0.717) is 18.5 Å². The number of halogens is 3. The maximum atomic E-state index is 13.7. The summed E-state index contributed by atoms with van der Waals surface area (Å²) in [5.41, 5.74) is -1.20. The molecule has 1 heterocycles. The summed E-state index contributed by atoms with van der Waals surface area (Å²) in [5.74, 6) is -3.87. The van der Waals surface area contributed by atoms with Crippen molar-refractivity contribution in [2.75, 3.05) is 5.32 Å². The Bertz CT molecular complexity index is 1470. The Kier molecular flexibility index (Phi) is 7.02. The lowest BCUT2D eigenvalue weighted by Gasteiger charge is -2.45. The number of benzene rings is 2. The van der Waals surface area contributed by atoms with Gasteiger partial charge in [0.25, 0.3) is 5.91 Å². The summed E-state index contributed by atoms with van der Waals surface area (Å²) in [6.07, 6.45) is 1.61. The Hall–Kier alpha value is -2.92. The number of hydrogen-bond acceptors (Lipinski definition) is 6. The second-order valence-electron chi connectivity index (χ2n) is 9.88. The summed E-state index contributed by atoms with van der Waals surface area (Å²) in [7, 11) is -4.03. The van der Waals surface area contributed by atoms with Crippen LogP contribution in [0.1, 0.15) is 47.8 Å². The molecular weight excluding hydrogens is 538 g/mol. The summed E-state index contributed by atoms with van der Waals surface area (Å²) < 4.78 is 54.2. The molecule has 38 heavy (non-hydrogen) atoms. The van der Waals surface area contributed by atoms with Gasteiger partial charge < -0.3 is 15.5 Å². The Morgan fingerprint density at radius 3 is 2.39 bits per heavy atom. The Morgan fingerprint density at radius 2 is 1.76 bits per heavy atom. The summed E-state index contributed by atoms with van der Waals surface area (Å²) in [6.45, 7) is 0. The molecule has 2 fully saturated rings. The molecular formula is C27H25ClF2N2O5S. The van der Waals surface area contributed by atoms with Crippen LogP contribution in [0.2, 0.25) is 5.02 Å². The number of carbonyl (C=O) groups is 1. The average molecular weight is 563 g/mol. The number of pyridine rings is 1. The highest BCUT2D eigenvalue weighted by Gasteiger charge is 2.59. The van der Waals surface area contributed by atoms with Gasteiger partial charge in [-0.25, -0.2) is 17.2 Å². The fourth-order valence-corrected chi connectivity index (χ4v) is 8.24. The maximum absolute atomic E-state index is 13.7. The van der Waals surface area contributed by atoms with Crippen molar-refractivity contribution in [3.63, 3.8) is 0 Å². The quantitative estimate of drug-likeness (QED) is 0.401. The molecule has 0 aliphatic heterocycles. The highest BCUT2D eigenvalue weighted by atomic mass is 35.5. The molecule has 0 radical (unpaired) electrons. The minimum absolute atomic E-state index is 0.00265. The second kappa shape index (κ2) is 10.00. The van der Waals surface area contributed by atoms with E-state index in [0.717, 1.165) is 12.1 Å². The number of amides is 1. The standard InChI is InChI=1S/C27H25ClF2N2O5S/c28-20-8-4-15(26(34)32-18-7-9-21(29)22(30)14-18)11-24(20)38(36,37)19-12-16-5-6-17(13-19)27(16,35)25(33)23-3-1-2-10-31-23/h1-4,7-11,14,16-17,19,25,33,35H,5-6,12-13H2,(H,32,34)/t16-,17?,19?,25+,27?/m0/s1. The largest absolute Gasteiger partial charge is 0.386 e. The molecule has 0 saturated heterocycles. The molecule has 5 atom stereocenters. The monoisotopic (exact) mass is 562 g/mol. The van der Waals surface area contributed by atoms with Crippen LogP contribution < -0.4 is 5.32 Å². The van der Waals surface area contributed by atoms with Crippen LogP contribution in [-0.4, -0.2) is 40.4 Å². The lowest BCUT2D eigenvalue weighted by molar-refractivity contribution is -0.145. The molecule has 2 aliphatic carbocycles. The number of fused-ring (bicyclic) bond motifs is 2. The number of rotatable bonds is 6. The van der Waals surface area contributed by atoms with Gasteiger partial charge in [0.05, 0.1) is 20.9 Å². The third-order valence-electron chi connectivity index (χ3n) is 7.79. The van der Waals surface area contributed by atoms with Gasteiger partial charge in [0.15, 0.2) is 21.5 Å². The Balaban J connectivity index is 1.39. The normalized spacial score (nSPS) is 25.7. The van der Waals surface area contributed by atoms with Crippen molar-refractivity contribution in [2.24, 2.45) is 11.8 Å². The zero-order valence-electron chi connectivity index (χ0n) is 20.0. The molecule has 2 aromatic carbocycles. The minimum atomic E-state index is -4.03. The van der Waals surface area contributed by atoms with Gasteiger partial charge >= 0.3 is 0 Å². The number of carbonyl (C=O) groups excluding carboxylic acids is 1. The first kappa shape index (κ1) is 26.7. The molecule has 0 spiro atoms. The molecule has 1 aromatic heterocycles. The first-order valence-electron chi connectivity index (χ1n) is 12.1. The van der Waals surface area contributed by atoms with Crippen molar-refractivity contribution >= 4 is 33.0 Å². The van der Waals surface area contributed by atoms with Gasteiger partial charge in [0.2, 0.25) is 0 Å². The van der Waals surface area contributed by atoms with Crippen LogP contribution in [0.25, 0.3) is 0 Å². The predicted molar refractivity (Wildman–Crippen MR) is 136 cm³/mol. The number of nitrogens with one attached hydrogen (secondary N) is 1. The van der Waals surface area contributed by atoms with Crippen molar-refractivity contribution in [1.29, 1.82) is 0 Å². The fourth-order valence-electron chi connectivity index (χ4n) is 5.84. The first-order valence-corrected chi connectivity index (χ1v) is 14.1. The maximum Gasteiger partial charge on any atom is 0.255 e. The third kappa shape index (κ3) is 4.59. The molecule has 11 heteroatoms. The number of aliphatic hydroxyl groups excluding tert-OH is 1. The fraction of sp³-hybridized carbons (Fsp3) is 0.333. The molecule has 2 bridgehead atoms. The van der Waals surface area contributed by atoms with E-state index in [1.54, 1.807) is 18.2 Å². The summed E-state index contributed by atoms with van der Waals surface area (Å²) in [4.78, 5) is 16.7. The molecule has 3 unspecified atom stereocenters. The zero-order valence-corrected chi connectivity index (χ0v) is 21.6. The lowest BCUT2D eigenvalue weighted by Crippen LogP contribution is -2.52. The van der Waals surface area contributed by atoms with Crippen LogP contribution in [0.5, 0.6) is 0 Å². The zero-order chi connectivity index (χ0) is 27.2. The third-order valence-corrected chi connectivity index (χ3v) is 10.4. The van der Waals surface area contributed by atoms with Crippen molar-refractivity contribution in [2.45, 2.75) is 47.5 Å². The van der Waals surface area contributed by atoms with Crippen LogP contribution in [0.3, 0.4) is 0 Å². The Labute approximate surface area is 223 Å². The van der Waals surface area contributed by atoms with E-state index >= 15 is 0 Å². The molecule has 200 valence electrons. The summed E-state index contributed by atoms with van der Waals surface area (Å²) in [6, 6.07) is 11.7.